The molecule has 0 amide bonds. The molecule has 2 aromatic rings. The first-order valence-corrected chi connectivity index (χ1v) is 7.11. The molecule has 0 heterocycles. The lowest BCUT2D eigenvalue weighted by Crippen LogP contribution is -2.01. The van der Waals surface area contributed by atoms with Crippen molar-refractivity contribution in [1.82, 2.24) is 0 Å². The van der Waals surface area contributed by atoms with Crippen LogP contribution in [0, 0.1) is 11.3 Å². The minimum atomic E-state index is 0.531. The van der Waals surface area contributed by atoms with Crippen LogP contribution in [-0.2, 0) is 6.54 Å². The molecule has 21 heavy (non-hydrogen) atoms. The molecule has 0 unspecified atom stereocenters. The van der Waals surface area contributed by atoms with Crippen LogP contribution in [0.4, 0.5) is 5.69 Å². The van der Waals surface area contributed by atoms with Crippen LogP contribution in [0.5, 0.6) is 11.5 Å². The van der Waals surface area contributed by atoms with Crippen molar-refractivity contribution in [3.05, 3.63) is 52.0 Å². The molecule has 1 N–H and O–H groups in total. The Morgan fingerprint density at radius 3 is 2.62 bits per heavy atom. The molecule has 2 aromatic carbocycles. The van der Waals surface area contributed by atoms with E-state index < -0.39 is 0 Å². The average Bonchev–Trinajstić information content (AvgIpc) is 2.52. The molecule has 0 aliphatic heterocycles. The van der Waals surface area contributed by atoms with Crippen molar-refractivity contribution in [1.29, 1.82) is 5.26 Å². The van der Waals surface area contributed by atoms with Crippen LogP contribution in [-0.4, -0.2) is 14.2 Å². The number of methoxy groups -OCH3 is 2. The Kier molecular flexibility index (Phi) is 5.07. The summed E-state index contributed by atoms with van der Waals surface area (Å²) < 4.78 is 11.3. The van der Waals surface area contributed by atoms with E-state index in [9.17, 15) is 0 Å². The maximum absolute atomic E-state index is 9.09. The summed E-state index contributed by atoms with van der Waals surface area (Å²) in [6.07, 6.45) is 0. The summed E-state index contributed by atoms with van der Waals surface area (Å²) in [4.78, 5) is 0. The number of benzene rings is 2. The minimum Gasteiger partial charge on any atom is -0.497 e. The van der Waals surface area contributed by atoms with Gasteiger partial charge < -0.3 is 14.8 Å². The monoisotopic (exact) mass is 346 g/mol. The Morgan fingerprint density at radius 2 is 1.95 bits per heavy atom. The Balaban J connectivity index is 2.13. The van der Waals surface area contributed by atoms with Gasteiger partial charge in [-0.1, -0.05) is 22.0 Å². The zero-order valence-corrected chi connectivity index (χ0v) is 13.4. The predicted molar refractivity (Wildman–Crippen MR) is 85.7 cm³/mol. The van der Waals surface area contributed by atoms with Crippen molar-refractivity contribution in [2.45, 2.75) is 6.54 Å². The Hall–Kier alpha value is -2.19. The van der Waals surface area contributed by atoms with E-state index in [1.165, 1.54) is 0 Å². The molecule has 0 aromatic heterocycles. The van der Waals surface area contributed by atoms with Crippen molar-refractivity contribution in [3.63, 3.8) is 0 Å². The second-order valence-electron chi connectivity index (χ2n) is 4.38. The number of ether oxygens (including phenoxy) is 2. The molecular weight excluding hydrogens is 332 g/mol. The molecule has 108 valence electrons. The van der Waals surface area contributed by atoms with Crippen molar-refractivity contribution in [2.24, 2.45) is 0 Å². The van der Waals surface area contributed by atoms with Gasteiger partial charge in [-0.05, 0) is 29.8 Å². The first-order valence-electron chi connectivity index (χ1n) is 6.31. The summed E-state index contributed by atoms with van der Waals surface area (Å²) in [5, 5.41) is 12.4. The highest BCUT2D eigenvalue weighted by Crippen LogP contribution is 2.25. The molecule has 0 aliphatic rings. The zero-order chi connectivity index (χ0) is 15.2. The summed E-state index contributed by atoms with van der Waals surface area (Å²) in [6, 6.07) is 13.5. The third-order valence-electron chi connectivity index (χ3n) is 2.99. The van der Waals surface area contributed by atoms with Gasteiger partial charge in [-0.2, -0.15) is 5.26 Å². The fraction of sp³-hybridized carbons (Fsp3) is 0.188. The van der Waals surface area contributed by atoms with Crippen molar-refractivity contribution in [2.75, 3.05) is 19.5 Å². The molecule has 0 atom stereocenters. The fourth-order valence-electron chi connectivity index (χ4n) is 1.94. The third-order valence-corrected chi connectivity index (χ3v) is 3.45. The van der Waals surface area contributed by atoms with Crippen LogP contribution in [0.2, 0.25) is 0 Å². The number of halogens is 1. The van der Waals surface area contributed by atoms with Gasteiger partial charge >= 0.3 is 0 Å². The molecule has 4 nitrogen and oxygen atoms in total. The molecule has 0 fully saturated rings. The van der Waals surface area contributed by atoms with Crippen LogP contribution in [0.25, 0.3) is 0 Å². The zero-order valence-electron chi connectivity index (χ0n) is 11.8. The first kappa shape index (κ1) is 15.2. The lowest BCUT2D eigenvalue weighted by molar-refractivity contribution is 0.413. The van der Waals surface area contributed by atoms with Gasteiger partial charge in [0.25, 0.3) is 0 Å². The van der Waals surface area contributed by atoms with Gasteiger partial charge in [0.05, 0.1) is 19.8 Å². The lowest BCUT2D eigenvalue weighted by Gasteiger charge is -2.10. The number of rotatable bonds is 5. The Morgan fingerprint density at radius 1 is 1.14 bits per heavy atom. The topological polar surface area (TPSA) is 54.3 Å². The van der Waals surface area contributed by atoms with Crippen molar-refractivity contribution in [3.8, 4) is 17.6 Å². The highest BCUT2D eigenvalue weighted by Gasteiger charge is 2.04. The van der Waals surface area contributed by atoms with Crippen LogP contribution in [0.15, 0.2) is 40.9 Å². The smallest absolute Gasteiger partial charge is 0.136 e. The van der Waals surface area contributed by atoms with E-state index in [0.29, 0.717) is 17.9 Å². The highest BCUT2D eigenvalue weighted by molar-refractivity contribution is 9.10. The summed E-state index contributed by atoms with van der Waals surface area (Å²) >= 11 is 3.44. The van der Waals surface area contributed by atoms with Crippen LogP contribution < -0.4 is 14.8 Å². The second-order valence-corrected chi connectivity index (χ2v) is 5.30. The molecule has 0 spiro atoms. The molecule has 0 saturated carbocycles. The fourth-order valence-corrected chi connectivity index (χ4v) is 2.41. The number of nitriles is 1. The molecule has 2 rings (SSSR count). The number of hydrogen-bond donors (Lipinski definition) is 1. The quantitative estimate of drug-likeness (QED) is 0.890. The maximum Gasteiger partial charge on any atom is 0.136 e. The number of anilines is 1. The van der Waals surface area contributed by atoms with Crippen molar-refractivity contribution < 1.29 is 9.47 Å². The lowest BCUT2D eigenvalue weighted by atomic mass is 10.1. The van der Waals surface area contributed by atoms with Gasteiger partial charge in [0.1, 0.15) is 17.6 Å². The van der Waals surface area contributed by atoms with Crippen LogP contribution in [0.1, 0.15) is 11.1 Å². The summed E-state index contributed by atoms with van der Waals surface area (Å²) in [6.45, 7) is 0.609. The van der Waals surface area contributed by atoms with Gasteiger partial charge in [0, 0.05) is 22.8 Å². The predicted octanol–water partition coefficient (Wildman–Crippen LogP) is 3.95. The van der Waals surface area contributed by atoms with Crippen LogP contribution in [0.3, 0.4) is 0 Å². The van der Waals surface area contributed by atoms with E-state index in [0.717, 1.165) is 21.5 Å². The van der Waals surface area contributed by atoms with Gasteiger partial charge in [-0.25, -0.2) is 0 Å². The molecular formula is C16H15BrN2O2. The number of hydrogen-bond acceptors (Lipinski definition) is 4. The average molecular weight is 347 g/mol. The molecule has 0 saturated heterocycles. The highest BCUT2D eigenvalue weighted by atomic mass is 79.9. The van der Waals surface area contributed by atoms with E-state index in [-0.39, 0.29) is 0 Å². The van der Waals surface area contributed by atoms with Crippen LogP contribution >= 0.6 is 15.9 Å². The van der Waals surface area contributed by atoms with E-state index in [2.05, 4.69) is 27.3 Å². The second kappa shape index (κ2) is 7.00. The standard InChI is InChI=1S/C16H15BrN2O2/c1-20-15-7-13(17)6-14(8-15)19-10-11-3-4-16(21-2)12(5-11)9-18/h3-8,19H,10H2,1-2H3. The SMILES string of the molecule is COc1cc(Br)cc(NCc2ccc(OC)c(C#N)c2)c1. The Labute approximate surface area is 132 Å². The number of nitrogens with zero attached hydrogens (tertiary/aromatic N) is 1. The van der Waals surface area contributed by atoms with Gasteiger partial charge in [0.2, 0.25) is 0 Å². The normalized spacial score (nSPS) is 9.81. The van der Waals surface area contributed by atoms with E-state index in [1.54, 1.807) is 20.3 Å². The van der Waals surface area contributed by atoms with Gasteiger partial charge in [0.15, 0.2) is 0 Å². The molecule has 0 bridgehead atoms. The van der Waals surface area contributed by atoms with E-state index >= 15 is 0 Å². The maximum atomic E-state index is 9.09. The summed E-state index contributed by atoms with van der Waals surface area (Å²) in [7, 11) is 3.19. The van der Waals surface area contributed by atoms with E-state index in [4.69, 9.17) is 14.7 Å². The number of nitrogens with one attached hydrogen (secondary N) is 1. The molecule has 0 radical (unpaired) electrons. The third kappa shape index (κ3) is 3.89. The summed E-state index contributed by atoms with van der Waals surface area (Å²) in [5.74, 6) is 1.37. The molecule has 0 aliphatic carbocycles. The first-order chi connectivity index (χ1) is 10.2. The van der Waals surface area contributed by atoms with Gasteiger partial charge in [-0.15, -0.1) is 0 Å². The Bertz CT molecular complexity index is 680. The minimum absolute atomic E-state index is 0.531. The van der Waals surface area contributed by atoms with Gasteiger partial charge in [-0.3, -0.25) is 0 Å². The van der Waals surface area contributed by atoms with E-state index in [1.807, 2.05) is 30.3 Å². The summed E-state index contributed by atoms with van der Waals surface area (Å²) in [5.41, 5.74) is 2.48. The van der Waals surface area contributed by atoms with Crippen molar-refractivity contribution >= 4 is 21.6 Å². The molecule has 5 heteroatoms. The largest absolute Gasteiger partial charge is 0.497 e.